The van der Waals surface area contributed by atoms with Gasteiger partial charge in [0.25, 0.3) is 11.8 Å². The van der Waals surface area contributed by atoms with Crippen LogP contribution in [0, 0.1) is 0 Å². The SMILES string of the molecule is CCOc1ccc(C(=O)O)cc1/C=C1\C(=O)NC(=O)N(c2ccc(C(=O)OC)cc2)C1=O. The molecule has 2 N–H and O–H groups in total. The van der Waals surface area contributed by atoms with Crippen LogP contribution >= 0.6 is 0 Å². The van der Waals surface area contributed by atoms with Crippen LogP contribution in [0.15, 0.2) is 48.0 Å². The first-order valence-corrected chi connectivity index (χ1v) is 9.36. The monoisotopic (exact) mass is 438 g/mol. The fraction of sp³-hybridized carbons (Fsp3) is 0.136. The highest BCUT2D eigenvalue weighted by Crippen LogP contribution is 2.27. The van der Waals surface area contributed by atoms with Gasteiger partial charge in [-0.15, -0.1) is 0 Å². The van der Waals surface area contributed by atoms with Crippen molar-refractivity contribution in [3.05, 3.63) is 64.7 Å². The molecule has 0 saturated carbocycles. The second kappa shape index (κ2) is 9.13. The van der Waals surface area contributed by atoms with Gasteiger partial charge in [-0.25, -0.2) is 19.3 Å². The van der Waals surface area contributed by atoms with E-state index in [1.807, 2.05) is 0 Å². The number of urea groups is 1. The second-order valence-corrected chi connectivity index (χ2v) is 6.49. The summed E-state index contributed by atoms with van der Waals surface area (Å²) >= 11 is 0. The number of imide groups is 2. The van der Waals surface area contributed by atoms with Crippen LogP contribution in [-0.2, 0) is 14.3 Å². The standard InChI is InChI=1S/C22H18N2O8/c1-3-32-17-9-6-13(20(27)28)10-14(17)11-16-18(25)23-22(30)24(19(16)26)15-7-4-12(5-8-15)21(29)31-2/h4-11H,3H2,1-2H3,(H,27,28)(H,23,25,30)/b16-11+. The number of carbonyl (C=O) groups is 5. The molecule has 0 aromatic heterocycles. The number of benzene rings is 2. The van der Waals surface area contributed by atoms with Crippen LogP contribution < -0.4 is 15.0 Å². The Morgan fingerprint density at radius 2 is 1.72 bits per heavy atom. The first kappa shape index (κ1) is 22.2. The molecule has 1 saturated heterocycles. The van der Waals surface area contributed by atoms with Crippen molar-refractivity contribution in [1.82, 2.24) is 5.32 Å². The van der Waals surface area contributed by atoms with Crippen LogP contribution in [0.25, 0.3) is 6.08 Å². The quantitative estimate of drug-likeness (QED) is 0.398. The molecule has 0 bridgehead atoms. The lowest BCUT2D eigenvalue weighted by Crippen LogP contribution is -2.54. The summed E-state index contributed by atoms with van der Waals surface area (Å²) < 4.78 is 10.1. The third-order valence-corrected chi connectivity index (χ3v) is 4.50. The molecule has 0 aliphatic carbocycles. The lowest BCUT2D eigenvalue weighted by atomic mass is 10.0. The molecular formula is C22H18N2O8. The van der Waals surface area contributed by atoms with E-state index >= 15 is 0 Å². The van der Waals surface area contributed by atoms with Crippen LogP contribution in [0.1, 0.15) is 33.2 Å². The number of carboxylic acids is 1. The van der Waals surface area contributed by atoms with Gasteiger partial charge in [-0.05, 0) is 55.5 Å². The summed E-state index contributed by atoms with van der Waals surface area (Å²) in [5, 5.41) is 11.3. The highest BCUT2D eigenvalue weighted by molar-refractivity contribution is 6.39. The van der Waals surface area contributed by atoms with Gasteiger partial charge in [-0.2, -0.15) is 0 Å². The van der Waals surface area contributed by atoms with E-state index in [4.69, 9.17) is 4.74 Å². The second-order valence-electron chi connectivity index (χ2n) is 6.49. The minimum Gasteiger partial charge on any atom is -0.493 e. The molecule has 2 aromatic rings. The van der Waals surface area contributed by atoms with E-state index in [2.05, 4.69) is 10.1 Å². The number of hydrogen-bond acceptors (Lipinski definition) is 7. The Balaban J connectivity index is 2.03. The summed E-state index contributed by atoms with van der Waals surface area (Å²) in [4.78, 5) is 61.5. The number of amides is 4. The number of methoxy groups -OCH3 is 1. The molecule has 1 fully saturated rings. The Hall–Kier alpha value is -4.47. The van der Waals surface area contributed by atoms with Crippen LogP contribution in [0.2, 0.25) is 0 Å². The van der Waals surface area contributed by atoms with Gasteiger partial charge >= 0.3 is 18.0 Å². The molecule has 0 radical (unpaired) electrons. The number of carboxylic acid groups (broad SMARTS) is 1. The van der Waals surface area contributed by atoms with Crippen molar-refractivity contribution >= 4 is 41.5 Å². The van der Waals surface area contributed by atoms with E-state index in [1.165, 1.54) is 49.6 Å². The minimum absolute atomic E-state index is 0.0738. The van der Waals surface area contributed by atoms with Crippen molar-refractivity contribution < 1.29 is 38.6 Å². The average molecular weight is 438 g/mol. The Kier molecular flexibility index (Phi) is 6.34. The molecule has 10 nitrogen and oxygen atoms in total. The Morgan fingerprint density at radius 1 is 1.06 bits per heavy atom. The summed E-state index contributed by atoms with van der Waals surface area (Å²) in [5.41, 5.74) is 0.0312. The third kappa shape index (κ3) is 4.33. The van der Waals surface area contributed by atoms with Gasteiger partial charge in [0, 0.05) is 5.56 Å². The highest BCUT2D eigenvalue weighted by Gasteiger charge is 2.37. The number of anilines is 1. The Bertz CT molecular complexity index is 1150. The molecule has 3 rings (SSSR count). The maximum absolute atomic E-state index is 13.0. The summed E-state index contributed by atoms with van der Waals surface area (Å²) in [5.74, 6) is -3.40. The van der Waals surface area contributed by atoms with Gasteiger partial charge < -0.3 is 14.6 Å². The number of aromatic carboxylic acids is 1. The summed E-state index contributed by atoms with van der Waals surface area (Å²) in [6.07, 6.45) is 1.16. The number of nitrogens with one attached hydrogen (secondary N) is 1. The van der Waals surface area contributed by atoms with Gasteiger partial charge in [0.05, 0.1) is 30.5 Å². The Labute approximate surface area is 182 Å². The molecule has 32 heavy (non-hydrogen) atoms. The van der Waals surface area contributed by atoms with Crippen molar-refractivity contribution in [2.45, 2.75) is 6.92 Å². The van der Waals surface area contributed by atoms with Gasteiger partial charge in [0.15, 0.2) is 0 Å². The molecule has 1 aliphatic heterocycles. The number of esters is 1. The summed E-state index contributed by atoms with van der Waals surface area (Å²) in [6.45, 7) is 1.98. The van der Waals surface area contributed by atoms with Crippen molar-refractivity contribution in [2.24, 2.45) is 0 Å². The van der Waals surface area contributed by atoms with Crippen LogP contribution in [-0.4, -0.2) is 48.6 Å². The molecule has 1 aliphatic rings. The minimum atomic E-state index is -1.20. The molecular weight excluding hydrogens is 420 g/mol. The molecule has 164 valence electrons. The zero-order valence-corrected chi connectivity index (χ0v) is 17.1. The maximum Gasteiger partial charge on any atom is 0.337 e. The first-order valence-electron chi connectivity index (χ1n) is 9.36. The van der Waals surface area contributed by atoms with Crippen molar-refractivity contribution in [3.63, 3.8) is 0 Å². The van der Waals surface area contributed by atoms with Gasteiger partial charge in [0.1, 0.15) is 11.3 Å². The highest BCUT2D eigenvalue weighted by atomic mass is 16.5. The molecule has 0 spiro atoms. The number of barbiturate groups is 1. The van der Waals surface area contributed by atoms with Gasteiger partial charge in [-0.1, -0.05) is 0 Å². The zero-order valence-electron chi connectivity index (χ0n) is 17.1. The van der Waals surface area contributed by atoms with Gasteiger partial charge in [-0.3, -0.25) is 14.9 Å². The normalized spacial score (nSPS) is 14.9. The van der Waals surface area contributed by atoms with E-state index in [9.17, 15) is 29.1 Å². The number of nitrogens with zero attached hydrogens (tertiary/aromatic N) is 1. The average Bonchev–Trinajstić information content (AvgIpc) is 2.77. The van der Waals surface area contributed by atoms with E-state index in [1.54, 1.807) is 6.92 Å². The van der Waals surface area contributed by atoms with E-state index in [-0.39, 0.29) is 34.7 Å². The third-order valence-electron chi connectivity index (χ3n) is 4.50. The van der Waals surface area contributed by atoms with Gasteiger partial charge in [0.2, 0.25) is 0 Å². The maximum atomic E-state index is 13.0. The predicted octanol–water partition coefficient (Wildman–Crippen LogP) is 2.24. The Morgan fingerprint density at radius 3 is 2.31 bits per heavy atom. The number of carbonyl (C=O) groups excluding carboxylic acids is 4. The van der Waals surface area contributed by atoms with Crippen LogP contribution in [0.4, 0.5) is 10.5 Å². The molecule has 10 heteroatoms. The fourth-order valence-electron chi connectivity index (χ4n) is 2.99. The predicted molar refractivity (Wildman–Crippen MR) is 111 cm³/mol. The van der Waals surface area contributed by atoms with Crippen molar-refractivity contribution in [1.29, 1.82) is 0 Å². The van der Waals surface area contributed by atoms with Crippen molar-refractivity contribution in [2.75, 3.05) is 18.6 Å². The molecule has 0 atom stereocenters. The summed E-state index contributed by atoms with van der Waals surface area (Å²) in [7, 11) is 1.22. The van der Waals surface area contributed by atoms with Crippen LogP contribution in [0.3, 0.4) is 0 Å². The smallest absolute Gasteiger partial charge is 0.337 e. The number of ether oxygens (including phenoxy) is 2. The molecule has 4 amide bonds. The lowest BCUT2D eigenvalue weighted by Gasteiger charge is -2.26. The molecule has 1 heterocycles. The largest absolute Gasteiger partial charge is 0.493 e. The molecule has 2 aromatic carbocycles. The number of hydrogen-bond donors (Lipinski definition) is 2. The first-order chi connectivity index (χ1) is 15.3. The lowest BCUT2D eigenvalue weighted by molar-refractivity contribution is -0.122. The zero-order chi connectivity index (χ0) is 23.4. The fourth-order valence-corrected chi connectivity index (χ4v) is 2.99. The van der Waals surface area contributed by atoms with E-state index in [0.29, 0.717) is 0 Å². The summed E-state index contributed by atoms with van der Waals surface area (Å²) in [6, 6.07) is 8.48. The van der Waals surface area contributed by atoms with Crippen LogP contribution in [0.5, 0.6) is 5.75 Å². The van der Waals surface area contributed by atoms with E-state index in [0.717, 1.165) is 11.0 Å². The number of rotatable bonds is 6. The van der Waals surface area contributed by atoms with Crippen molar-refractivity contribution in [3.8, 4) is 5.75 Å². The van der Waals surface area contributed by atoms with E-state index < -0.39 is 35.4 Å². The molecule has 0 unspecified atom stereocenters. The topological polar surface area (TPSA) is 139 Å².